The van der Waals surface area contributed by atoms with Crippen molar-refractivity contribution in [3.05, 3.63) is 18.2 Å². The van der Waals surface area contributed by atoms with Gasteiger partial charge in [0.1, 0.15) is 5.82 Å². The van der Waals surface area contributed by atoms with Crippen LogP contribution in [0.5, 0.6) is 0 Å². The first-order chi connectivity index (χ1) is 7.68. The second-order valence-corrected chi connectivity index (χ2v) is 4.36. The third kappa shape index (κ3) is 2.24. The van der Waals surface area contributed by atoms with E-state index in [1.54, 1.807) is 13.1 Å². The van der Waals surface area contributed by atoms with Gasteiger partial charge in [0, 0.05) is 31.4 Å². The summed E-state index contributed by atoms with van der Waals surface area (Å²) in [6, 6.07) is -0.389. The summed E-state index contributed by atoms with van der Waals surface area (Å²) < 4.78 is 0. The molecule has 5 nitrogen and oxygen atoms in total. The van der Waals surface area contributed by atoms with Crippen LogP contribution in [-0.2, 0) is 4.79 Å². The summed E-state index contributed by atoms with van der Waals surface area (Å²) in [5.74, 6) is 1.54. The van der Waals surface area contributed by atoms with Crippen LogP contribution in [-0.4, -0.2) is 39.9 Å². The summed E-state index contributed by atoms with van der Waals surface area (Å²) in [7, 11) is 0. The Balaban J connectivity index is 1.90. The third-order valence-corrected chi connectivity index (χ3v) is 3.10. The predicted octanol–water partition coefficient (Wildman–Crippen LogP) is 0.463. The number of hydrogen-bond donors (Lipinski definition) is 2. The molecule has 16 heavy (non-hydrogen) atoms. The van der Waals surface area contributed by atoms with Crippen molar-refractivity contribution in [1.29, 1.82) is 0 Å². The van der Waals surface area contributed by atoms with Crippen molar-refractivity contribution < 1.29 is 4.79 Å². The first-order valence-electron chi connectivity index (χ1n) is 5.72. The quantitative estimate of drug-likeness (QED) is 0.763. The van der Waals surface area contributed by atoms with Crippen molar-refractivity contribution in [2.45, 2.75) is 31.7 Å². The molecule has 88 valence electrons. The van der Waals surface area contributed by atoms with Crippen LogP contribution in [0.2, 0.25) is 0 Å². The first-order valence-corrected chi connectivity index (χ1v) is 5.72. The maximum absolute atomic E-state index is 11.7. The van der Waals surface area contributed by atoms with Crippen molar-refractivity contribution in [1.82, 2.24) is 14.9 Å². The minimum Gasteiger partial charge on any atom is -0.348 e. The normalized spacial score (nSPS) is 19.8. The number of imidazole rings is 1. The van der Waals surface area contributed by atoms with Crippen molar-refractivity contribution in [2.75, 3.05) is 13.1 Å². The summed E-state index contributed by atoms with van der Waals surface area (Å²) in [5, 5.41) is 0. The number of nitrogens with zero attached hydrogens (tertiary/aromatic N) is 2. The Bertz CT molecular complexity index is 339. The monoisotopic (exact) mass is 222 g/mol. The van der Waals surface area contributed by atoms with Crippen LogP contribution in [0.4, 0.5) is 0 Å². The Kier molecular flexibility index (Phi) is 3.24. The van der Waals surface area contributed by atoms with Crippen LogP contribution in [0, 0.1) is 0 Å². The number of rotatable bonds is 2. The number of likely N-dealkylation sites (tertiary alicyclic amines) is 1. The van der Waals surface area contributed by atoms with Gasteiger partial charge in [-0.1, -0.05) is 0 Å². The van der Waals surface area contributed by atoms with E-state index in [9.17, 15) is 4.79 Å². The lowest BCUT2D eigenvalue weighted by Gasteiger charge is -2.32. The summed E-state index contributed by atoms with van der Waals surface area (Å²) >= 11 is 0. The SMILES string of the molecule is CC(N)C(=O)N1CCC(c2ncc[nH]2)CC1. The standard InChI is InChI=1S/C11H18N4O/c1-8(12)11(16)15-6-2-9(3-7-15)10-13-4-5-14-10/h4-5,8-9H,2-3,6-7,12H2,1H3,(H,13,14). The predicted molar refractivity (Wildman–Crippen MR) is 60.8 cm³/mol. The van der Waals surface area contributed by atoms with Gasteiger partial charge in [-0.25, -0.2) is 4.98 Å². The third-order valence-electron chi connectivity index (χ3n) is 3.10. The van der Waals surface area contributed by atoms with Gasteiger partial charge in [0.15, 0.2) is 0 Å². The van der Waals surface area contributed by atoms with Gasteiger partial charge in [0.05, 0.1) is 6.04 Å². The van der Waals surface area contributed by atoms with E-state index in [4.69, 9.17) is 5.73 Å². The van der Waals surface area contributed by atoms with E-state index in [1.807, 2.05) is 11.1 Å². The van der Waals surface area contributed by atoms with Gasteiger partial charge in [-0.15, -0.1) is 0 Å². The Morgan fingerprint density at radius 3 is 2.81 bits per heavy atom. The molecule has 0 spiro atoms. The van der Waals surface area contributed by atoms with Gasteiger partial charge in [-0.2, -0.15) is 0 Å². The van der Waals surface area contributed by atoms with Gasteiger partial charge in [-0.3, -0.25) is 4.79 Å². The number of carbonyl (C=O) groups is 1. The molecule has 0 aromatic carbocycles. The number of H-pyrrole nitrogens is 1. The number of amides is 1. The smallest absolute Gasteiger partial charge is 0.239 e. The van der Waals surface area contributed by atoms with E-state index in [0.717, 1.165) is 31.8 Å². The van der Waals surface area contributed by atoms with Crippen LogP contribution in [0.15, 0.2) is 12.4 Å². The van der Waals surface area contributed by atoms with Gasteiger partial charge in [0.25, 0.3) is 0 Å². The molecule has 5 heteroatoms. The van der Waals surface area contributed by atoms with Crippen LogP contribution < -0.4 is 5.73 Å². The second-order valence-electron chi connectivity index (χ2n) is 4.36. The maximum atomic E-state index is 11.7. The number of hydrogen-bond acceptors (Lipinski definition) is 3. The lowest BCUT2D eigenvalue weighted by molar-refractivity contribution is -0.133. The highest BCUT2D eigenvalue weighted by Gasteiger charge is 2.26. The average Bonchev–Trinajstić information content (AvgIpc) is 2.81. The van der Waals surface area contributed by atoms with Crippen molar-refractivity contribution in [3.63, 3.8) is 0 Å². The maximum Gasteiger partial charge on any atom is 0.239 e. The Hall–Kier alpha value is -1.36. The molecule has 2 rings (SSSR count). The van der Waals surface area contributed by atoms with Gasteiger partial charge in [-0.05, 0) is 19.8 Å². The van der Waals surface area contributed by atoms with Crippen LogP contribution in [0.25, 0.3) is 0 Å². The lowest BCUT2D eigenvalue weighted by Crippen LogP contribution is -2.45. The van der Waals surface area contributed by atoms with E-state index >= 15 is 0 Å². The van der Waals surface area contributed by atoms with Crippen molar-refractivity contribution in [3.8, 4) is 0 Å². The fourth-order valence-electron chi connectivity index (χ4n) is 2.16. The topological polar surface area (TPSA) is 75.0 Å². The molecule has 0 saturated carbocycles. The number of piperidine rings is 1. The van der Waals surface area contributed by atoms with E-state index < -0.39 is 0 Å². The van der Waals surface area contributed by atoms with E-state index in [1.165, 1.54) is 0 Å². The van der Waals surface area contributed by atoms with Crippen LogP contribution >= 0.6 is 0 Å². The van der Waals surface area contributed by atoms with Gasteiger partial charge < -0.3 is 15.6 Å². The summed E-state index contributed by atoms with van der Waals surface area (Å²) in [6.07, 6.45) is 5.54. The summed E-state index contributed by atoms with van der Waals surface area (Å²) in [5.41, 5.74) is 5.59. The molecule has 2 heterocycles. The van der Waals surface area contributed by atoms with E-state index in [-0.39, 0.29) is 11.9 Å². The summed E-state index contributed by atoms with van der Waals surface area (Å²) in [4.78, 5) is 20.9. The largest absolute Gasteiger partial charge is 0.348 e. The van der Waals surface area contributed by atoms with Crippen LogP contribution in [0.3, 0.4) is 0 Å². The molecule has 1 amide bonds. The van der Waals surface area contributed by atoms with Gasteiger partial charge in [0.2, 0.25) is 5.91 Å². The zero-order chi connectivity index (χ0) is 11.5. The number of aromatic amines is 1. The Labute approximate surface area is 95.0 Å². The molecule has 1 aliphatic rings. The molecule has 0 bridgehead atoms. The molecule has 1 aromatic heterocycles. The first kappa shape index (κ1) is 11.1. The highest BCUT2D eigenvalue weighted by Crippen LogP contribution is 2.25. The highest BCUT2D eigenvalue weighted by molar-refractivity contribution is 5.81. The van der Waals surface area contributed by atoms with Crippen molar-refractivity contribution in [2.24, 2.45) is 5.73 Å². The molecule has 1 aliphatic heterocycles. The molecule has 1 unspecified atom stereocenters. The number of nitrogens with one attached hydrogen (secondary N) is 1. The Morgan fingerprint density at radius 2 is 2.31 bits per heavy atom. The minimum absolute atomic E-state index is 0.0536. The zero-order valence-electron chi connectivity index (χ0n) is 9.52. The number of nitrogens with two attached hydrogens (primary N) is 1. The molecule has 1 fully saturated rings. The molecular formula is C11H18N4O. The molecule has 0 radical (unpaired) electrons. The van der Waals surface area contributed by atoms with Gasteiger partial charge >= 0.3 is 0 Å². The fourth-order valence-corrected chi connectivity index (χ4v) is 2.16. The molecule has 1 atom stereocenters. The molecule has 3 N–H and O–H groups in total. The minimum atomic E-state index is -0.389. The molecule has 0 aliphatic carbocycles. The average molecular weight is 222 g/mol. The zero-order valence-corrected chi connectivity index (χ0v) is 9.52. The lowest BCUT2D eigenvalue weighted by atomic mass is 9.96. The van der Waals surface area contributed by atoms with E-state index in [2.05, 4.69) is 9.97 Å². The molecule has 1 saturated heterocycles. The van der Waals surface area contributed by atoms with E-state index in [0.29, 0.717) is 5.92 Å². The highest BCUT2D eigenvalue weighted by atomic mass is 16.2. The summed E-state index contributed by atoms with van der Waals surface area (Å²) in [6.45, 7) is 3.30. The number of carbonyl (C=O) groups excluding carboxylic acids is 1. The fraction of sp³-hybridized carbons (Fsp3) is 0.636. The second kappa shape index (κ2) is 4.65. The number of aromatic nitrogens is 2. The van der Waals surface area contributed by atoms with Crippen molar-refractivity contribution >= 4 is 5.91 Å². The van der Waals surface area contributed by atoms with Crippen LogP contribution in [0.1, 0.15) is 31.5 Å². The molecular weight excluding hydrogens is 204 g/mol. The molecule has 1 aromatic rings. The Morgan fingerprint density at radius 1 is 1.62 bits per heavy atom.